The van der Waals surface area contributed by atoms with Gasteiger partial charge in [-0.1, -0.05) is 36.6 Å². The van der Waals surface area contributed by atoms with Gasteiger partial charge in [0.1, 0.15) is 0 Å². The molecule has 0 unspecified atom stereocenters. The van der Waals surface area contributed by atoms with Crippen LogP contribution >= 0.6 is 11.6 Å². The highest BCUT2D eigenvalue weighted by molar-refractivity contribution is 6.30. The number of halogens is 1. The molecule has 0 aliphatic heterocycles. The monoisotopic (exact) mass is 372 g/mol. The molecule has 1 fully saturated rings. The van der Waals surface area contributed by atoms with Crippen LogP contribution in [0.15, 0.2) is 47.4 Å². The molecule has 1 heterocycles. The van der Waals surface area contributed by atoms with Crippen LogP contribution in [0.25, 0.3) is 0 Å². The number of hydrogen-bond acceptors (Lipinski definition) is 2. The maximum atomic E-state index is 12.0. The zero-order chi connectivity index (χ0) is 18.4. The van der Waals surface area contributed by atoms with E-state index in [1.807, 2.05) is 12.1 Å². The molecule has 0 atom stereocenters. The van der Waals surface area contributed by atoms with Crippen molar-refractivity contribution >= 4 is 17.5 Å². The lowest BCUT2D eigenvalue weighted by molar-refractivity contribution is 0.0949. The summed E-state index contributed by atoms with van der Waals surface area (Å²) in [6.45, 7) is 0.685. The standard InChI is InChI=1S/C21H25ClN2O2/c22-19-8-5-17(6-9-19)13-16-3-1-15(2-4-16)11-12-23-21(26)18-7-10-20(25)24-14-18/h5-10,14-16H,1-4,11-13H2,(H,23,26)(H,24,25). The Bertz CT molecular complexity index is 757. The fraction of sp³-hybridized carbons (Fsp3) is 0.429. The van der Waals surface area contributed by atoms with Gasteiger partial charge in [0.25, 0.3) is 5.91 Å². The molecule has 4 nitrogen and oxygen atoms in total. The molecule has 2 N–H and O–H groups in total. The fourth-order valence-corrected chi connectivity index (χ4v) is 3.85. The fourth-order valence-electron chi connectivity index (χ4n) is 3.72. The van der Waals surface area contributed by atoms with Crippen molar-refractivity contribution in [3.63, 3.8) is 0 Å². The van der Waals surface area contributed by atoms with Crippen molar-refractivity contribution in [3.05, 3.63) is 69.1 Å². The first kappa shape index (κ1) is 18.7. The minimum absolute atomic E-state index is 0.127. The SMILES string of the molecule is O=C(NCCC1CCC(Cc2ccc(Cl)cc2)CC1)c1ccc(=O)[nH]c1. The van der Waals surface area contributed by atoms with Crippen molar-refractivity contribution in [2.45, 2.75) is 38.5 Å². The molecule has 5 heteroatoms. The predicted octanol–water partition coefficient (Wildman–Crippen LogP) is 4.20. The first-order valence-electron chi connectivity index (χ1n) is 9.31. The molecular formula is C21H25ClN2O2. The van der Waals surface area contributed by atoms with Crippen LogP contribution in [-0.4, -0.2) is 17.4 Å². The third-order valence-electron chi connectivity index (χ3n) is 5.29. The number of aromatic amines is 1. The first-order valence-corrected chi connectivity index (χ1v) is 9.69. The van der Waals surface area contributed by atoms with E-state index in [1.54, 1.807) is 6.07 Å². The minimum atomic E-state index is -0.197. The summed E-state index contributed by atoms with van der Waals surface area (Å²) in [6, 6.07) is 11.1. The largest absolute Gasteiger partial charge is 0.352 e. The predicted molar refractivity (Wildman–Crippen MR) is 105 cm³/mol. The van der Waals surface area contributed by atoms with Crippen LogP contribution in [0.5, 0.6) is 0 Å². The smallest absolute Gasteiger partial charge is 0.252 e. The summed E-state index contributed by atoms with van der Waals surface area (Å²) < 4.78 is 0. The molecule has 1 amide bonds. The lowest BCUT2D eigenvalue weighted by atomic mass is 9.78. The molecule has 2 aromatic rings. The van der Waals surface area contributed by atoms with E-state index in [0.29, 0.717) is 18.0 Å². The Kier molecular flexibility index (Phi) is 6.51. The van der Waals surface area contributed by atoms with Crippen molar-refractivity contribution in [2.24, 2.45) is 11.8 Å². The number of hydrogen-bond donors (Lipinski definition) is 2. The number of nitrogens with one attached hydrogen (secondary N) is 2. The number of carbonyl (C=O) groups is 1. The van der Waals surface area contributed by atoms with Gasteiger partial charge in [-0.25, -0.2) is 0 Å². The van der Waals surface area contributed by atoms with E-state index in [9.17, 15) is 9.59 Å². The van der Waals surface area contributed by atoms with E-state index in [4.69, 9.17) is 11.6 Å². The zero-order valence-corrected chi connectivity index (χ0v) is 15.6. The minimum Gasteiger partial charge on any atom is -0.352 e. The van der Waals surface area contributed by atoms with E-state index >= 15 is 0 Å². The maximum Gasteiger partial charge on any atom is 0.252 e. The molecule has 1 saturated carbocycles. The van der Waals surface area contributed by atoms with Crippen LogP contribution in [-0.2, 0) is 6.42 Å². The average Bonchev–Trinajstić information content (AvgIpc) is 2.65. The first-order chi connectivity index (χ1) is 12.6. The molecule has 138 valence electrons. The van der Waals surface area contributed by atoms with E-state index in [2.05, 4.69) is 22.4 Å². The normalized spacial score (nSPS) is 19.9. The van der Waals surface area contributed by atoms with E-state index in [-0.39, 0.29) is 11.5 Å². The van der Waals surface area contributed by atoms with Gasteiger partial charge in [-0.05, 0) is 61.3 Å². The zero-order valence-electron chi connectivity index (χ0n) is 14.8. The van der Waals surface area contributed by atoms with Crippen LogP contribution < -0.4 is 10.9 Å². The molecule has 1 aliphatic rings. The molecule has 1 aromatic heterocycles. The van der Waals surface area contributed by atoms with Gasteiger partial charge in [-0.15, -0.1) is 0 Å². The van der Waals surface area contributed by atoms with Crippen LogP contribution in [0.4, 0.5) is 0 Å². The van der Waals surface area contributed by atoms with Crippen LogP contribution in [0.3, 0.4) is 0 Å². The Morgan fingerprint density at radius 2 is 1.73 bits per heavy atom. The summed E-state index contributed by atoms with van der Waals surface area (Å²) in [6.07, 6.45) is 8.57. The van der Waals surface area contributed by atoms with Gasteiger partial charge < -0.3 is 10.3 Å². The van der Waals surface area contributed by atoms with Crippen LogP contribution in [0.2, 0.25) is 5.02 Å². The second-order valence-electron chi connectivity index (χ2n) is 7.20. The van der Waals surface area contributed by atoms with Gasteiger partial charge in [0.15, 0.2) is 0 Å². The van der Waals surface area contributed by atoms with Crippen molar-refractivity contribution in [2.75, 3.05) is 6.54 Å². The number of benzene rings is 1. The molecule has 26 heavy (non-hydrogen) atoms. The summed E-state index contributed by atoms with van der Waals surface area (Å²) >= 11 is 5.94. The number of amides is 1. The maximum absolute atomic E-state index is 12.0. The van der Waals surface area contributed by atoms with Crippen molar-refractivity contribution < 1.29 is 4.79 Å². The molecule has 0 bridgehead atoms. The Morgan fingerprint density at radius 1 is 1.04 bits per heavy atom. The summed E-state index contributed by atoms with van der Waals surface area (Å²) in [5.41, 5.74) is 1.67. The van der Waals surface area contributed by atoms with Gasteiger partial charge in [0, 0.05) is 23.8 Å². The third-order valence-corrected chi connectivity index (χ3v) is 5.54. The Labute approximate surface area is 159 Å². The van der Waals surface area contributed by atoms with Crippen LogP contribution in [0.1, 0.15) is 48.0 Å². The van der Waals surface area contributed by atoms with E-state index in [1.165, 1.54) is 43.5 Å². The average molecular weight is 373 g/mol. The molecule has 1 aromatic carbocycles. The van der Waals surface area contributed by atoms with Gasteiger partial charge >= 0.3 is 0 Å². The molecule has 1 aliphatic carbocycles. The number of pyridine rings is 1. The van der Waals surface area contributed by atoms with Gasteiger partial charge in [0.2, 0.25) is 5.56 Å². The van der Waals surface area contributed by atoms with Crippen LogP contribution in [0, 0.1) is 11.8 Å². The van der Waals surface area contributed by atoms with Crippen molar-refractivity contribution in [3.8, 4) is 0 Å². The summed E-state index contributed by atoms with van der Waals surface area (Å²) in [4.78, 5) is 25.6. The number of carbonyl (C=O) groups excluding carboxylic acids is 1. The highest BCUT2D eigenvalue weighted by Crippen LogP contribution is 2.32. The number of rotatable bonds is 6. The second-order valence-corrected chi connectivity index (χ2v) is 7.64. The topological polar surface area (TPSA) is 62.0 Å². The third kappa shape index (κ3) is 5.46. The Hall–Kier alpha value is -2.07. The summed E-state index contributed by atoms with van der Waals surface area (Å²) in [7, 11) is 0. The van der Waals surface area contributed by atoms with E-state index in [0.717, 1.165) is 23.8 Å². The molecule has 0 spiro atoms. The Morgan fingerprint density at radius 3 is 2.38 bits per heavy atom. The quantitative estimate of drug-likeness (QED) is 0.798. The second kappa shape index (κ2) is 9.04. The van der Waals surface area contributed by atoms with Gasteiger partial charge in [0.05, 0.1) is 5.56 Å². The summed E-state index contributed by atoms with van der Waals surface area (Å²) in [5, 5.41) is 3.74. The Balaban J connectivity index is 1.36. The highest BCUT2D eigenvalue weighted by Gasteiger charge is 2.21. The van der Waals surface area contributed by atoms with Gasteiger partial charge in [-0.3, -0.25) is 9.59 Å². The van der Waals surface area contributed by atoms with Gasteiger partial charge in [-0.2, -0.15) is 0 Å². The lowest BCUT2D eigenvalue weighted by Gasteiger charge is -2.28. The van der Waals surface area contributed by atoms with Crippen molar-refractivity contribution in [1.29, 1.82) is 0 Å². The number of aromatic nitrogens is 1. The molecular weight excluding hydrogens is 348 g/mol. The molecule has 0 radical (unpaired) electrons. The van der Waals surface area contributed by atoms with Crippen molar-refractivity contribution in [1.82, 2.24) is 10.3 Å². The number of H-pyrrole nitrogens is 1. The van der Waals surface area contributed by atoms with E-state index < -0.39 is 0 Å². The lowest BCUT2D eigenvalue weighted by Crippen LogP contribution is -2.27. The molecule has 0 saturated heterocycles. The molecule has 3 rings (SSSR count). The highest BCUT2D eigenvalue weighted by atomic mass is 35.5. The summed E-state index contributed by atoms with van der Waals surface area (Å²) in [5.74, 6) is 1.31.